The molecule has 0 aliphatic carbocycles. The fourth-order valence-corrected chi connectivity index (χ4v) is 3.86. The summed E-state index contributed by atoms with van der Waals surface area (Å²) in [5.41, 5.74) is 3.18. The first-order valence-corrected chi connectivity index (χ1v) is 10.5. The Morgan fingerprint density at radius 1 is 1.17 bits per heavy atom. The molecule has 7 nitrogen and oxygen atoms in total. The summed E-state index contributed by atoms with van der Waals surface area (Å²) in [5, 5.41) is 12.6. The number of carbonyl (C=O) groups is 1. The van der Waals surface area contributed by atoms with Crippen molar-refractivity contribution in [2.45, 2.75) is 20.3 Å². The number of aromatic amines is 1. The molecule has 0 aliphatic rings. The number of aryl methyl sites for hydroxylation is 1. The van der Waals surface area contributed by atoms with Gasteiger partial charge < -0.3 is 10.1 Å². The lowest BCUT2D eigenvalue weighted by Crippen LogP contribution is -2.14. The van der Waals surface area contributed by atoms with Crippen molar-refractivity contribution in [3.05, 3.63) is 65.4 Å². The van der Waals surface area contributed by atoms with E-state index in [1.54, 1.807) is 0 Å². The van der Waals surface area contributed by atoms with Gasteiger partial charge >= 0.3 is 0 Å². The van der Waals surface area contributed by atoms with E-state index in [2.05, 4.69) is 25.5 Å². The number of hydrogen-bond donors (Lipinski definition) is 2. The Labute approximate surface area is 178 Å². The first-order valence-electron chi connectivity index (χ1n) is 9.58. The number of ether oxygens (including phenoxy) is 1. The van der Waals surface area contributed by atoms with E-state index in [1.807, 2.05) is 67.8 Å². The fourth-order valence-electron chi connectivity index (χ4n) is 3.01. The van der Waals surface area contributed by atoms with Crippen molar-refractivity contribution in [1.29, 1.82) is 0 Å². The molecule has 0 spiro atoms. The van der Waals surface area contributed by atoms with Crippen molar-refractivity contribution in [3.63, 3.8) is 0 Å². The monoisotopic (exact) mass is 419 g/mol. The molecule has 2 aromatic carbocycles. The number of aromatic nitrogens is 4. The first-order chi connectivity index (χ1) is 14.6. The van der Waals surface area contributed by atoms with Gasteiger partial charge in [-0.1, -0.05) is 24.3 Å². The molecule has 2 heterocycles. The number of rotatable bonds is 7. The summed E-state index contributed by atoms with van der Waals surface area (Å²) in [4.78, 5) is 21.5. The number of nitrogens with one attached hydrogen (secondary N) is 2. The van der Waals surface area contributed by atoms with Crippen molar-refractivity contribution < 1.29 is 9.53 Å². The number of benzene rings is 2. The minimum Gasteiger partial charge on any atom is -0.493 e. The van der Waals surface area contributed by atoms with Gasteiger partial charge in [-0.05, 0) is 38.1 Å². The van der Waals surface area contributed by atoms with Gasteiger partial charge in [-0.2, -0.15) is 5.10 Å². The number of anilines is 1. The normalized spacial score (nSPS) is 10.7. The lowest BCUT2D eigenvalue weighted by Gasteiger charge is -2.07. The van der Waals surface area contributed by atoms with E-state index in [9.17, 15) is 4.79 Å². The molecule has 1 amide bonds. The molecule has 2 aromatic heterocycles. The highest BCUT2D eigenvalue weighted by Crippen LogP contribution is 2.32. The predicted octanol–water partition coefficient (Wildman–Crippen LogP) is 4.48. The second kappa shape index (κ2) is 8.87. The van der Waals surface area contributed by atoms with Crippen LogP contribution in [0.2, 0.25) is 0 Å². The van der Waals surface area contributed by atoms with Gasteiger partial charge in [0.2, 0.25) is 5.91 Å². The third-order valence-electron chi connectivity index (χ3n) is 4.31. The number of carbonyl (C=O) groups excluding carboxylic acids is 1. The largest absolute Gasteiger partial charge is 0.493 e. The van der Waals surface area contributed by atoms with Gasteiger partial charge in [-0.3, -0.25) is 9.89 Å². The lowest BCUT2D eigenvalue weighted by atomic mass is 10.2. The Balaban J connectivity index is 1.44. The quantitative estimate of drug-likeness (QED) is 0.461. The van der Waals surface area contributed by atoms with Gasteiger partial charge in [0, 0.05) is 16.6 Å². The van der Waals surface area contributed by atoms with Crippen LogP contribution in [0.25, 0.3) is 22.0 Å². The molecule has 2 N–H and O–H groups in total. The smallest absolute Gasteiger partial charge is 0.230 e. The Bertz CT molecular complexity index is 1170. The van der Waals surface area contributed by atoms with Crippen LogP contribution >= 0.6 is 11.3 Å². The van der Waals surface area contributed by atoms with E-state index in [1.165, 1.54) is 11.3 Å². The summed E-state index contributed by atoms with van der Waals surface area (Å²) in [6, 6.07) is 15.2. The SMILES string of the molecule is CCOc1ccccc1-c1nc(CC(=O)Nc2cccc(-c3n[nH]c(C)n3)c2)cs1. The molecule has 8 heteroatoms. The minimum atomic E-state index is -0.131. The highest BCUT2D eigenvalue weighted by molar-refractivity contribution is 7.13. The predicted molar refractivity (Wildman–Crippen MR) is 118 cm³/mol. The van der Waals surface area contributed by atoms with E-state index in [0.717, 1.165) is 33.4 Å². The van der Waals surface area contributed by atoms with E-state index in [4.69, 9.17) is 4.74 Å². The third kappa shape index (κ3) is 4.55. The Morgan fingerprint density at radius 3 is 2.83 bits per heavy atom. The Kier molecular flexibility index (Phi) is 5.85. The molecule has 0 unspecified atom stereocenters. The van der Waals surface area contributed by atoms with E-state index < -0.39 is 0 Å². The molecule has 4 rings (SSSR count). The Hall–Kier alpha value is -3.52. The van der Waals surface area contributed by atoms with Crippen molar-refractivity contribution >= 4 is 22.9 Å². The number of H-pyrrole nitrogens is 1. The molecular formula is C22H21N5O2S. The highest BCUT2D eigenvalue weighted by atomic mass is 32.1. The van der Waals surface area contributed by atoms with Gasteiger partial charge in [0.25, 0.3) is 0 Å². The van der Waals surface area contributed by atoms with Crippen LogP contribution in [-0.4, -0.2) is 32.7 Å². The molecule has 0 saturated heterocycles. The maximum absolute atomic E-state index is 12.5. The maximum atomic E-state index is 12.5. The Morgan fingerprint density at radius 2 is 2.03 bits per heavy atom. The lowest BCUT2D eigenvalue weighted by molar-refractivity contribution is -0.115. The highest BCUT2D eigenvalue weighted by Gasteiger charge is 2.13. The van der Waals surface area contributed by atoms with E-state index in [-0.39, 0.29) is 12.3 Å². The summed E-state index contributed by atoms with van der Waals surface area (Å²) in [7, 11) is 0. The zero-order chi connectivity index (χ0) is 20.9. The van der Waals surface area contributed by atoms with Crippen molar-refractivity contribution in [3.8, 4) is 27.7 Å². The number of thiazole rings is 1. The van der Waals surface area contributed by atoms with Gasteiger partial charge in [0.15, 0.2) is 5.82 Å². The molecule has 30 heavy (non-hydrogen) atoms. The van der Waals surface area contributed by atoms with Gasteiger partial charge in [0.1, 0.15) is 16.6 Å². The zero-order valence-corrected chi connectivity index (χ0v) is 17.5. The average molecular weight is 420 g/mol. The van der Waals surface area contributed by atoms with Crippen molar-refractivity contribution in [2.24, 2.45) is 0 Å². The van der Waals surface area contributed by atoms with Crippen molar-refractivity contribution in [1.82, 2.24) is 20.2 Å². The van der Waals surface area contributed by atoms with Crippen LogP contribution in [0, 0.1) is 6.92 Å². The number of amides is 1. The first kappa shape index (κ1) is 19.8. The van der Waals surface area contributed by atoms with Crippen LogP contribution in [0.3, 0.4) is 0 Å². The van der Waals surface area contributed by atoms with Gasteiger partial charge in [-0.25, -0.2) is 9.97 Å². The molecular weight excluding hydrogens is 398 g/mol. The molecule has 0 fully saturated rings. The number of nitrogens with zero attached hydrogens (tertiary/aromatic N) is 3. The second-order valence-electron chi connectivity index (χ2n) is 6.62. The van der Waals surface area contributed by atoms with E-state index >= 15 is 0 Å². The number of hydrogen-bond acceptors (Lipinski definition) is 6. The summed E-state index contributed by atoms with van der Waals surface area (Å²) in [6.07, 6.45) is 0.192. The molecule has 0 radical (unpaired) electrons. The average Bonchev–Trinajstić information content (AvgIpc) is 3.38. The second-order valence-corrected chi connectivity index (χ2v) is 7.48. The third-order valence-corrected chi connectivity index (χ3v) is 5.24. The molecule has 0 aliphatic heterocycles. The van der Waals surface area contributed by atoms with Gasteiger partial charge in [0.05, 0.1) is 24.3 Å². The van der Waals surface area contributed by atoms with Crippen molar-refractivity contribution in [2.75, 3.05) is 11.9 Å². The molecule has 0 atom stereocenters. The van der Waals surface area contributed by atoms with Crippen LogP contribution in [0.1, 0.15) is 18.4 Å². The molecule has 0 saturated carbocycles. The molecule has 152 valence electrons. The minimum absolute atomic E-state index is 0.131. The summed E-state index contributed by atoms with van der Waals surface area (Å²) < 4.78 is 5.68. The van der Waals surface area contributed by atoms with Crippen LogP contribution in [0.4, 0.5) is 5.69 Å². The zero-order valence-electron chi connectivity index (χ0n) is 16.7. The topological polar surface area (TPSA) is 92.8 Å². The van der Waals surface area contributed by atoms with Crippen LogP contribution in [0.15, 0.2) is 53.9 Å². The van der Waals surface area contributed by atoms with E-state index in [0.29, 0.717) is 18.1 Å². The van der Waals surface area contributed by atoms with Crippen LogP contribution in [0.5, 0.6) is 5.75 Å². The molecule has 4 aromatic rings. The van der Waals surface area contributed by atoms with Crippen LogP contribution in [-0.2, 0) is 11.2 Å². The summed E-state index contributed by atoms with van der Waals surface area (Å²) in [6.45, 7) is 4.38. The molecule has 0 bridgehead atoms. The summed E-state index contributed by atoms with van der Waals surface area (Å²) >= 11 is 1.50. The number of para-hydroxylation sites is 1. The summed E-state index contributed by atoms with van der Waals surface area (Å²) in [5.74, 6) is 2.00. The van der Waals surface area contributed by atoms with Gasteiger partial charge in [-0.15, -0.1) is 11.3 Å². The maximum Gasteiger partial charge on any atom is 0.230 e. The van der Waals surface area contributed by atoms with Crippen LogP contribution < -0.4 is 10.1 Å². The fraction of sp³-hybridized carbons (Fsp3) is 0.182. The standard InChI is InChI=1S/C22H21N5O2S/c1-3-29-19-10-5-4-9-18(19)22-25-17(13-30-22)12-20(28)24-16-8-6-7-15(11-16)21-23-14(2)26-27-21/h4-11,13H,3,12H2,1-2H3,(H,24,28)(H,23,26,27).